The minimum atomic E-state index is -0.180. The molecular formula is C23H25N3O2. The van der Waals surface area contributed by atoms with Crippen molar-refractivity contribution in [3.63, 3.8) is 0 Å². The van der Waals surface area contributed by atoms with Crippen LogP contribution in [-0.4, -0.2) is 15.5 Å². The van der Waals surface area contributed by atoms with Gasteiger partial charge in [0.15, 0.2) is 0 Å². The molecule has 28 heavy (non-hydrogen) atoms. The topological polar surface area (TPSA) is 64.0 Å². The maximum atomic E-state index is 12.8. The quantitative estimate of drug-likeness (QED) is 0.739. The number of aromatic nitrogens is 2. The van der Waals surface area contributed by atoms with E-state index in [1.165, 1.54) is 23.7 Å². The molecule has 1 aliphatic carbocycles. The average Bonchev–Trinajstić information content (AvgIpc) is 3.24. The summed E-state index contributed by atoms with van der Waals surface area (Å²) in [4.78, 5) is 30.0. The number of nitrogens with one attached hydrogen (secondary N) is 1. The second-order valence-corrected chi connectivity index (χ2v) is 7.65. The van der Waals surface area contributed by atoms with E-state index in [1.54, 1.807) is 6.07 Å². The lowest BCUT2D eigenvalue weighted by atomic mass is 9.91. The maximum absolute atomic E-state index is 12.8. The summed E-state index contributed by atoms with van der Waals surface area (Å²) in [5.74, 6) is 0.289. The van der Waals surface area contributed by atoms with Crippen LogP contribution < -0.4 is 10.9 Å². The van der Waals surface area contributed by atoms with Crippen LogP contribution in [0.4, 0.5) is 0 Å². The zero-order valence-electron chi connectivity index (χ0n) is 16.1. The first-order chi connectivity index (χ1) is 13.6. The number of nitrogens with zero attached hydrogens (tertiary/aromatic N) is 2. The number of carbonyl (C=O) groups is 1. The summed E-state index contributed by atoms with van der Waals surface area (Å²) in [5.41, 5.74) is 2.59. The Kier molecular flexibility index (Phi) is 5.24. The summed E-state index contributed by atoms with van der Waals surface area (Å²) >= 11 is 0. The van der Waals surface area contributed by atoms with E-state index in [2.05, 4.69) is 22.4 Å². The fraction of sp³-hybridized carbons (Fsp3) is 0.348. The zero-order valence-corrected chi connectivity index (χ0v) is 16.1. The minimum Gasteiger partial charge on any atom is -0.347 e. The zero-order chi connectivity index (χ0) is 19.5. The predicted molar refractivity (Wildman–Crippen MR) is 110 cm³/mol. The van der Waals surface area contributed by atoms with Gasteiger partial charge in [-0.2, -0.15) is 0 Å². The molecule has 5 heteroatoms. The first-order valence-corrected chi connectivity index (χ1v) is 9.92. The number of aryl methyl sites for hydroxylation is 1. The van der Waals surface area contributed by atoms with Crippen molar-refractivity contribution in [2.24, 2.45) is 5.92 Å². The van der Waals surface area contributed by atoms with E-state index in [-0.39, 0.29) is 24.1 Å². The van der Waals surface area contributed by atoms with E-state index in [1.807, 2.05) is 37.3 Å². The normalized spacial score (nSPS) is 15.6. The minimum absolute atomic E-state index is 0.0115. The highest BCUT2D eigenvalue weighted by Crippen LogP contribution is 2.35. The van der Waals surface area contributed by atoms with Crippen LogP contribution in [-0.2, 0) is 11.3 Å². The molecule has 2 aromatic carbocycles. The average molecular weight is 375 g/mol. The third kappa shape index (κ3) is 3.70. The van der Waals surface area contributed by atoms with Crippen molar-refractivity contribution in [2.75, 3.05) is 0 Å². The third-order valence-corrected chi connectivity index (χ3v) is 5.72. The highest BCUT2D eigenvalue weighted by atomic mass is 16.2. The van der Waals surface area contributed by atoms with Gasteiger partial charge in [-0.3, -0.25) is 14.2 Å². The summed E-state index contributed by atoms with van der Waals surface area (Å²) in [6.45, 7) is 1.91. The molecule has 4 rings (SSSR count). The Balaban J connectivity index is 1.56. The van der Waals surface area contributed by atoms with Crippen LogP contribution >= 0.6 is 0 Å². The van der Waals surface area contributed by atoms with Gasteiger partial charge in [0.05, 0.1) is 23.3 Å². The van der Waals surface area contributed by atoms with Crippen molar-refractivity contribution in [1.82, 2.24) is 14.9 Å². The summed E-state index contributed by atoms with van der Waals surface area (Å²) in [7, 11) is 0. The Hall–Kier alpha value is -2.95. The summed E-state index contributed by atoms with van der Waals surface area (Å²) < 4.78 is 1.40. The van der Waals surface area contributed by atoms with Crippen molar-refractivity contribution < 1.29 is 4.79 Å². The number of benzene rings is 2. The molecular weight excluding hydrogens is 350 g/mol. The van der Waals surface area contributed by atoms with E-state index >= 15 is 0 Å². The van der Waals surface area contributed by atoms with Crippen molar-refractivity contribution in [2.45, 2.75) is 45.2 Å². The molecule has 1 unspecified atom stereocenters. The van der Waals surface area contributed by atoms with Gasteiger partial charge in [-0.1, -0.05) is 55.3 Å². The number of hydrogen-bond acceptors (Lipinski definition) is 3. The van der Waals surface area contributed by atoms with Crippen LogP contribution in [0.2, 0.25) is 0 Å². The summed E-state index contributed by atoms with van der Waals surface area (Å²) in [5, 5.41) is 3.73. The van der Waals surface area contributed by atoms with E-state index in [0.717, 1.165) is 24.0 Å². The monoisotopic (exact) mass is 375 g/mol. The van der Waals surface area contributed by atoms with Gasteiger partial charge in [-0.15, -0.1) is 0 Å². The standard InChI is InChI=1S/C23H25N3O2/c1-16-8-7-13-19-21(16)24-15-26(23(19)28)14-20(27)25-22(18-11-5-6-12-18)17-9-3-2-4-10-17/h2-4,7-10,13,15,18,22H,5-6,11-12,14H2,1H3,(H,25,27). The molecule has 0 spiro atoms. The Bertz CT molecular complexity index is 1040. The maximum Gasteiger partial charge on any atom is 0.261 e. The number of fused-ring (bicyclic) bond motifs is 1. The van der Waals surface area contributed by atoms with E-state index in [9.17, 15) is 9.59 Å². The van der Waals surface area contributed by atoms with E-state index in [0.29, 0.717) is 16.8 Å². The number of hydrogen-bond donors (Lipinski definition) is 1. The van der Waals surface area contributed by atoms with Crippen LogP contribution in [0, 0.1) is 12.8 Å². The SMILES string of the molecule is Cc1cccc2c(=O)n(CC(=O)NC(c3ccccc3)C3CCCC3)cnc12. The summed E-state index contributed by atoms with van der Waals surface area (Å²) in [6, 6.07) is 15.6. The molecule has 1 aromatic heterocycles. The third-order valence-electron chi connectivity index (χ3n) is 5.72. The number of carbonyl (C=O) groups excluding carboxylic acids is 1. The molecule has 1 aliphatic rings. The van der Waals surface area contributed by atoms with Gasteiger partial charge in [0.25, 0.3) is 5.56 Å². The number of para-hydroxylation sites is 1. The van der Waals surface area contributed by atoms with Gasteiger partial charge in [0.1, 0.15) is 6.54 Å². The highest BCUT2D eigenvalue weighted by Gasteiger charge is 2.27. The fourth-order valence-corrected chi connectivity index (χ4v) is 4.25. The second-order valence-electron chi connectivity index (χ2n) is 7.65. The molecule has 3 aromatic rings. The van der Waals surface area contributed by atoms with Crippen LogP contribution in [0.5, 0.6) is 0 Å². The molecule has 1 amide bonds. The molecule has 1 saturated carbocycles. The lowest BCUT2D eigenvalue weighted by molar-refractivity contribution is -0.122. The largest absolute Gasteiger partial charge is 0.347 e. The van der Waals surface area contributed by atoms with Gasteiger partial charge >= 0.3 is 0 Å². The molecule has 1 heterocycles. The van der Waals surface area contributed by atoms with Crippen LogP contribution in [0.15, 0.2) is 59.7 Å². The molecule has 0 saturated heterocycles. The van der Waals surface area contributed by atoms with Gasteiger partial charge in [-0.05, 0) is 42.9 Å². The fourth-order valence-electron chi connectivity index (χ4n) is 4.25. The van der Waals surface area contributed by atoms with Gasteiger partial charge in [0, 0.05) is 0 Å². The van der Waals surface area contributed by atoms with Crippen LogP contribution in [0.25, 0.3) is 10.9 Å². The van der Waals surface area contributed by atoms with Crippen molar-refractivity contribution in [3.05, 3.63) is 76.3 Å². The first-order valence-electron chi connectivity index (χ1n) is 9.92. The Morgan fingerprint density at radius 2 is 1.89 bits per heavy atom. The first kappa shape index (κ1) is 18.4. The highest BCUT2D eigenvalue weighted by molar-refractivity contribution is 5.81. The lowest BCUT2D eigenvalue weighted by Gasteiger charge is -2.25. The molecule has 0 radical (unpaired) electrons. The number of rotatable bonds is 5. The molecule has 1 atom stereocenters. The van der Waals surface area contributed by atoms with Gasteiger partial charge in [0.2, 0.25) is 5.91 Å². The number of amides is 1. The molecule has 0 aliphatic heterocycles. The molecule has 144 valence electrons. The smallest absolute Gasteiger partial charge is 0.261 e. The molecule has 1 fully saturated rings. The Labute approximate surface area is 164 Å². The van der Waals surface area contributed by atoms with Crippen LogP contribution in [0.3, 0.4) is 0 Å². The van der Waals surface area contributed by atoms with E-state index in [4.69, 9.17) is 0 Å². The second kappa shape index (κ2) is 7.97. The van der Waals surface area contributed by atoms with Crippen molar-refractivity contribution >= 4 is 16.8 Å². The Morgan fingerprint density at radius 3 is 2.64 bits per heavy atom. The van der Waals surface area contributed by atoms with E-state index < -0.39 is 0 Å². The Morgan fingerprint density at radius 1 is 1.14 bits per heavy atom. The molecule has 0 bridgehead atoms. The molecule has 5 nitrogen and oxygen atoms in total. The molecule has 1 N–H and O–H groups in total. The van der Waals surface area contributed by atoms with Crippen molar-refractivity contribution in [1.29, 1.82) is 0 Å². The lowest BCUT2D eigenvalue weighted by Crippen LogP contribution is -2.37. The summed E-state index contributed by atoms with van der Waals surface area (Å²) in [6.07, 6.45) is 6.13. The van der Waals surface area contributed by atoms with Gasteiger partial charge < -0.3 is 5.32 Å². The van der Waals surface area contributed by atoms with Crippen molar-refractivity contribution in [3.8, 4) is 0 Å². The predicted octanol–water partition coefficient (Wildman–Crippen LogP) is 3.75. The van der Waals surface area contributed by atoms with Gasteiger partial charge in [-0.25, -0.2) is 4.98 Å². The van der Waals surface area contributed by atoms with Crippen LogP contribution in [0.1, 0.15) is 42.9 Å².